The van der Waals surface area contributed by atoms with Crippen molar-refractivity contribution in [2.45, 2.75) is 39.5 Å². The number of aryl methyl sites for hydroxylation is 2. The Morgan fingerprint density at radius 2 is 1.93 bits per heavy atom. The Morgan fingerprint density at radius 3 is 2.67 bits per heavy atom. The summed E-state index contributed by atoms with van der Waals surface area (Å²) in [4.78, 5) is 19.0. The van der Waals surface area contributed by atoms with Gasteiger partial charge < -0.3 is 9.42 Å². The zero-order valence-corrected chi connectivity index (χ0v) is 15.9. The molecule has 3 aromatic rings. The number of hydrogen-bond acceptors (Lipinski definition) is 4. The molecule has 27 heavy (non-hydrogen) atoms. The van der Waals surface area contributed by atoms with Crippen LogP contribution in [-0.2, 0) is 11.2 Å². The highest BCUT2D eigenvalue weighted by Crippen LogP contribution is 2.34. The monoisotopic (exact) mass is 361 g/mol. The van der Waals surface area contributed by atoms with Gasteiger partial charge in [0.1, 0.15) is 0 Å². The van der Waals surface area contributed by atoms with Gasteiger partial charge in [-0.25, -0.2) is 0 Å². The van der Waals surface area contributed by atoms with Gasteiger partial charge >= 0.3 is 0 Å². The van der Waals surface area contributed by atoms with Crippen LogP contribution in [0.2, 0.25) is 0 Å². The summed E-state index contributed by atoms with van der Waals surface area (Å²) in [6.07, 6.45) is 1.39. The molecule has 1 aliphatic heterocycles. The van der Waals surface area contributed by atoms with Gasteiger partial charge in [0.15, 0.2) is 0 Å². The maximum atomic E-state index is 12.6. The standard InChI is InChI=1S/C22H23N3O2/c1-4-16-8-10-17(11-9-16)21-23-22(27-24-21)18-12-20(26)25(13-18)19-7-5-6-14(2)15(19)3/h5-11,18H,4,12-13H2,1-3H3. The molecule has 5 nitrogen and oxygen atoms in total. The van der Waals surface area contributed by atoms with Crippen molar-refractivity contribution in [1.82, 2.24) is 10.1 Å². The van der Waals surface area contributed by atoms with Crippen LogP contribution in [0.4, 0.5) is 5.69 Å². The van der Waals surface area contributed by atoms with Gasteiger partial charge in [0, 0.05) is 24.2 Å². The van der Waals surface area contributed by atoms with Crippen molar-refractivity contribution < 1.29 is 9.32 Å². The molecule has 1 aromatic heterocycles. The average Bonchev–Trinajstić information content (AvgIpc) is 3.31. The largest absolute Gasteiger partial charge is 0.339 e. The maximum Gasteiger partial charge on any atom is 0.232 e. The van der Waals surface area contributed by atoms with Gasteiger partial charge in [-0.05, 0) is 43.0 Å². The van der Waals surface area contributed by atoms with Gasteiger partial charge in [-0.3, -0.25) is 4.79 Å². The zero-order valence-electron chi connectivity index (χ0n) is 15.9. The lowest BCUT2D eigenvalue weighted by Crippen LogP contribution is -2.25. The molecular formula is C22H23N3O2. The first-order valence-corrected chi connectivity index (χ1v) is 9.36. The quantitative estimate of drug-likeness (QED) is 0.689. The Labute approximate surface area is 159 Å². The van der Waals surface area contributed by atoms with Crippen LogP contribution in [0.15, 0.2) is 47.0 Å². The number of amides is 1. The van der Waals surface area contributed by atoms with Gasteiger partial charge in [0.25, 0.3) is 0 Å². The SMILES string of the molecule is CCc1ccc(-c2noc(C3CC(=O)N(c4cccc(C)c4C)C3)n2)cc1. The van der Waals surface area contributed by atoms with E-state index in [1.54, 1.807) is 0 Å². The van der Waals surface area contributed by atoms with Gasteiger partial charge in [0.05, 0.1) is 5.92 Å². The fourth-order valence-electron chi connectivity index (χ4n) is 3.54. The second kappa shape index (κ2) is 6.99. The van der Waals surface area contributed by atoms with Crippen molar-refractivity contribution in [1.29, 1.82) is 0 Å². The maximum absolute atomic E-state index is 12.6. The molecule has 2 aromatic carbocycles. The summed E-state index contributed by atoms with van der Waals surface area (Å²) in [6.45, 7) is 6.81. The smallest absolute Gasteiger partial charge is 0.232 e. The molecule has 0 radical (unpaired) electrons. The molecule has 0 saturated carbocycles. The van der Waals surface area contributed by atoms with E-state index in [9.17, 15) is 4.79 Å². The molecule has 1 unspecified atom stereocenters. The Balaban J connectivity index is 1.56. The van der Waals surface area contributed by atoms with Crippen LogP contribution in [0.5, 0.6) is 0 Å². The lowest BCUT2D eigenvalue weighted by molar-refractivity contribution is -0.117. The van der Waals surface area contributed by atoms with E-state index in [2.05, 4.69) is 49.1 Å². The normalized spacial score (nSPS) is 16.9. The number of carbonyl (C=O) groups is 1. The highest BCUT2D eigenvalue weighted by Gasteiger charge is 2.35. The van der Waals surface area contributed by atoms with Crippen LogP contribution >= 0.6 is 0 Å². The average molecular weight is 361 g/mol. The summed E-state index contributed by atoms with van der Waals surface area (Å²) in [5.41, 5.74) is 5.48. The van der Waals surface area contributed by atoms with Crippen LogP contribution < -0.4 is 4.90 Å². The highest BCUT2D eigenvalue weighted by atomic mass is 16.5. The summed E-state index contributed by atoms with van der Waals surface area (Å²) in [5.74, 6) is 1.13. The molecule has 1 aliphatic rings. The third-order valence-electron chi connectivity index (χ3n) is 5.40. The number of rotatable bonds is 4. The van der Waals surface area contributed by atoms with Gasteiger partial charge in [-0.15, -0.1) is 0 Å². The third kappa shape index (κ3) is 3.25. The van der Waals surface area contributed by atoms with Crippen molar-refractivity contribution in [3.8, 4) is 11.4 Å². The van der Waals surface area contributed by atoms with Crippen LogP contribution in [-0.4, -0.2) is 22.6 Å². The molecule has 2 heterocycles. The number of benzene rings is 2. The van der Waals surface area contributed by atoms with Crippen LogP contribution in [0, 0.1) is 13.8 Å². The molecule has 1 atom stereocenters. The summed E-state index contributed by atoms with van der Waals surface area (Å²) >= 11 is 0. The van der Waals surface area contributed by atoms with Gasteiger partial charge in [-0.1, -0.05) is 48.5 Å². The molecule has 0 aliphatic carbocycles. The Kier molecular flexibility index (Phi) is 4.52. The van der Waals surface area contributed by atoms with Crippen molar-refractivity contribution in [3.63, 3.8) is 0 Å². The fraction of sp³-hybridized carbons (Fsp3) is 0.318. The number of carbonyl (C=O) groups excluding carboxylic acids is 1. The number of nitrogens with zero attached hydrogens (tertiary/aromatic N) is 3. The van der Waals surface area contributed by atoms with E-state index >= 15 is 0 Å². The van der Waals surface area contributed by atoms with Crippen molar-refractivity contribution >= 4 is 11.6 Å². The van der Waals surface area contributed by atoms with E-state index in [0.717, 1.165) is 23.2 Å². The first kappa shape index (κ1) is 17.5. The minimum absolute atomic E-state index is 0.0754. The van der Waals surface area contributed by atoms with E-state index in [-0.39, 0.29) is 11.8 Å². The Bertz CT molecular complexity index is 975. The molecule has 0 bridgehead atoms. The lowest BCUT2D eigenvalue weighted by Gasteiger charge is -2.19. The molecule has 4 rings (SSSR count). The Hall–Kier alpha value is -2.95. The van der Waals surface area contributed by atoms with Gasteiger partial charge in [-0.2, -0.15) is 4.98 Å². The van der Waals surface area contributed by atoms with E-state index in [1.165, 1.54) is 11.1 Å². The van der Waals surface area contributed by atoms with Crippen LogP contribution in [0.25, 0.3) is 11.4 Å². The van der Waals surface area contributed by atoms with Crippen LogP contribution in [0.3, 0.4) is 0 Å². The number of anilines is 1. The van der Waals surface area contributed by atoms with E-state index in [4.69, 9.17) is 4.52 Å². The van der Waals surface area contributed by atoms with E-state index in [0.29, 0.717) is 24.7 Å². The van der Waals surface area contributed by atoms with Crippen LogP contribution in [0.1, 0.15) is 41.8 Å². The zero-order chi connectivity index (χ0) is 19.0. The number of hydrogen-bond donors (Lipinski definition) is 0. The number of aromatic nitrogens is 2. The van der Waals surface area contributed by atoms with Crippen molar-refractivity contribution in [2.75, 3.05) is 11.4 Å². The van der Waals surface area contributed by atoms with Gasteiger partial charge in [0.2, 0.25) is 17.6 Å². The predicted octanol–water partition coefficient (Wildman–Crippen LogP) is 4.44. The summed E-state index contributed by atoms with van der Waals surface area (Å²) < 4.78 is 5.51. The van der Waals surface area contributed by atoms with Crippen molar-refractivity contribution in [2.24, 2.45) is 0 Å². The second-order valence-corrected chi connectivity index (χ2v) is 7.13. The summed E-state index contributed by atoms with van der Waals surface area (Å²) in [7, 11) is 0. The second-order valence-electron chi connectivity index (χ2n) is 7.13. The Morgan fingerprint density at radius 1 is 1.15 bits per heavy atom. The molecule has 5 heteroatoms. The van der Waals surface area contributed by atoms with Crippen molar-refractivity contribution in [3.05, 3.63) is 65.0 Å². The first-order chi connectivity index (χ1) is 13.1. The summed E-state index contributed by atoms with van der Waals surface area (Å²) in [6, 6.07) is 14.2. The molecule has 1 fully saturated rings. The van der Waals surface area contributed by atoms with E-state index in [1.807, 2.05) is 29.2 Å². The minimum atomic E-state index is -0.0754. The predicted molar refractivity (Wildman–Crippen MR) is 105 cm³/mol. The first-order valence-electron chi connectivity index (χ1n) is 9.36. The molecule has 1 amide bonds. The molecule has 0 N–H and O–H groups in total. The highest BCUT2D eigenvalue weighted by molar-refractivity contribution is 5.97. The topological polar surface area (TPSA) is 59.2 Å². The summed E-state index contributed by atoms with van der Waals surface area (Å²) in [5, 5.41) is 4.13. The van der Waals surface area contributed by atoms with E-state index < -0.39 is 0 Å². The fourth-order valence-corrected chi connectivity index (χ4v) is 3.54. The lowest BCUT2D eigenvalue weighted by atomic mass is 10.1. The molecular weight excluding hydrogens is 338 g/mol. The molecule has 1 saturated heterocycles. The minimum Gasteiger partial charge on any atom is -0.339 e. The molecule has 138 valence electrons. The molecule has 0 spiro atoms. The third-order valence-corrected chi connectivity index (χ3v) is 5.40.